The highest BCUT2D eigenvalue weighted by Gasteiger charge is 2.11. The molecule has 0 heterocycles. The zero-order valence-corrected chi connectivity index (χ0v) is 18.2. The lowest BCUT2D eigenvalue weighted by Gasteiger charge is -2.25. The van der Waals surface area contributed by atoms with Crippen molar-refractivity contribution in [1.82, 2.24) is 0 Å². The zero-order chi connectivity index (χ0) is 22.4. The van der Waals surface area contributed by atoms with Crippen molar-refractivity contribution in [2.45, 2.75) is 5.75 Å². The van der Waals surface area contributed by atoms with Crippen molar-refractivity contribution in [3.05, 3.63) is 126 Å². The van der Waals surface area contributed by atoms with Crippen LogP contribution in [0.3, 0.4) is 0 Å². The maximum atomic E-state index is 11.0. The van der Waals surface area contributed by atoms with E-state index in [0.717, 1.165) is 28.2 Å². The van der Waals surface area contributed by atoms with Gasteiger partial charge in [-0.25, -0.2) is 0 Å². The smallest absolute Gasteiger partial charge is 0.269 e. The summed E-state index contributed by atoms with van der Waals surface area (Å²) < 4.78 is 30.9. The van der Waals surface area contributed by atoms with E-state index in [1.807, 2.05) is 60.7 Å². The Hall–Kier alpha value is -3.67. The number of hydrogen-bond acceptors (Lipinski definition) is 3. The van der Waals surface area contributed by atoms with Crippen LogP contribution < -0.4 is 4.90 Å². The second kappa shape index (κ2) is 9.64. The Bertz CT molecular complexity index is 1240. The molecule has 0 saturated carbocycles. The molecule has 0 atom stereocenters. The van der Waals surface area contributed by atoms with Crippen LogP contribution in [-0.2, 0) is 15.9 Å². The van der Waals surface area contributed by atoms with Crippen LogP contribution in [0, 0.1) is 0 Å². The van der Waals surface area contributed by atoms with Gasteiger partial charge in [-0.1, -0.05) is 84.9 Å². The van der Waals surface area contributed by atoms with Gasteiger partial charge >= 0.3 is 0 Å². The molecule has 5 heteroatoms. The first kappa shape index (κ1) is 21.6. The molecule has 0 aliphatic heterocycles. The van der Waals surface area contributed by atoms with Crippen LogP contribution in [-0.4, -0.2) is 13.0 Å². The van der Waals surface area contributed by atoms with Crippen LogP contribution in [0.4, 0.5) is 17.1 Å². The molecule has 0 radical (unpaired) electrons. The number of hydrogen-bond donors (Lipinski definition) is 1. The lowest BCUT2D eigenvalue weighted by Crippen LogP contribution is -2.09. The monoisotopic (exact) mass is 441 g/mol. The van der Waals surface area contributed by atoms with Crippen molar-refractivity contribution in [3.8, 4) is 0 Å². The average Bonchev–Trinajstić information content (AvgIpc) is 2.80. The lowest BCUT2D eigenvalue weighted by atomic mass is 10.1. The van der Waals surface area contributed by atoms with Gasteiger partial charge in [-0.05, 0) is 53.1 Å². The van der Waals surface area contributed by atoms with Crippen molar-refractivity contribution in [2.75, 3.05) is 4.90 Å². The maximum absolute atomic E-state index is 11.0. The largest absolute Gasteiger partial charge is 0.311 e. The van der Waals surface area contributed by atoms with E-state index in [0.29, 0.717) is 5.56 Å². The van der Waals surface area contributed by atoms with Crippen molar-refractivity contribution in [1.29, 1.82) is 0 Å². The van der Waals surface area contributed by atoms with Crippen molar-refractivity contribution < 1.29 is 13.0 Å². The van der Waals surface area contributed by atoms with E-state index < -0.39 is 10.1 Å². The van der Waals surface area contributed by atoms with E-state index in [9.17, 15) is 8.42 Å². The van der Waals surface area contributed by atoms with Crippen LogP contribution in [0.5, 0.6) is 0 Å². The molecule has 0 aromatic heterocycles. The summed E-state index contributed by atoms with van der Waals surface area (Å²) in [6.45, 7) is 0. The van der Waals surface area contributed by atoms with E-state index in [2.05, 4.69) is 53.4 Å². The van der Waals surface area contributed by atoms with Gasteiger partial charge < -0.3 is 4.90 Å². The van der Waals surface area contributed by atoms with Gasteiger partial charge in [0.1, 0.15) is 5.75 Å². The number of benzene rings is 4. The average molecular weight is 442 g/mol. The van der Waals surface area contributed by atoms with Gasteiger partial charge in [0.25, 0.3) is 10.1 Å². The molecule has 1 N–H and O–H groups in total. The van der Waals surface area contributed by atoms with Crippen molar-refractivity contribution in [3.63, 3.8) is 0 Å². The SMILES string of the molecule is O=S(=O)(O)Cc1ccc(C=Cc2ccc(N(c3ccccc3)c3ccccc3)cc2)cc1. The topological polar surface area (TPSA) is 57.6 Å². The summed E-state index contributed by atoms with van der Waals surface area (Å²) in [5, 5.41) is 0. The highest BCUT2D eigenvalue weighted by Crippen LogP contribution is 2.34. The Balaban J connectivity index is 1.54. The molecule has 4 rings (SSSR count). The first-order valence-corrected chi connectivity index (χ1v) is 11.8. The van der Waals surface area contributed by atoms with E-state index >= 15 is 0 Å². The van der Waals surface area contributed by atoms with E-state index in [-0.39, 0.29) is 5.75 Å². The van der Waals surface area contributed by atoms with Crippen LogP contribution >= 0.6 is 0 Å². The summed E-state index contributed by atoms with van der Waals surface area (Å²) in [5.41, 5.74) is 5.80. The molecule has 4 aromatic carbocycles. The Labute approximate surface area is 188 Å². The molecule has 32 heavy (non-hydrogen) atoms. The van der Waals surface area contributed by atoms with Crippen LogP contribution in [0.2, 0.25) is 0 Å². The lowest BCUT2D eigenvalue weighted by molar-refractivity contribution is 0.482. The molecule has 4 nitrogen and oxygen atoms in total. The second-order valence-corrected chi connectivity index (χ2v) is 8.85. The Morgan fingerprint density at radius 3 is 1.44 bits per heavy atom. The maximum Gasteiger partial charge on any atom is 0.269 e. The van der Waals surface area contributed by atoms with E-state index in [1.165, 1.54) is 0 Å². The highest BCUT2D eigenvalue weighted by atomic mass is 32.2. The van der Waals surface area contributed by atoms with Crippen molar-refractivity contribution in [2.24, 2.45) is 0 Å². The summed E-state index contributed by atoms with van der Waals surface area (Å²) >= 11 is 0. The van der Waals surface area contributed by atoms with Crippen LogP contribution in [0.15, 0.2) is 109 Å². The molecule has 4 aromatic rings. The van der Waals surface area contributed by atoms with E-state index in [1.54, 1.807) is 12.1 Å². The molecule has 0 saturated heterocycles. The fourth-order valence-electron chi connectivity index (χ4n) is 3.46. The van der Waals surface area contributed by atoms with Crippen LogP contribution in [0.25, 0.3) is 12.2 Å². The first-order valence-electron chi connectivity index (χ1n) is 10.2. The minimum absolute atomic E-state index is 0.377. The summed E-state index contributed by atoms with van der Waals surface area (Å²) in [7, 11) is -4.02. The Kier molecular flexibility index (Phi) is 6.50. The third kappa shape index (κ3) is 5.72. The van der Waals surface area contributed by atoms with Gasteiger partial charge in [0.2, 0.25) is 0 Å². The standard InChI is InChI=1S/C27H23NO3S/c29-32(30,31)21-24-15-13-22(14-16-24)11-12-23-17-19-27(20-18-23)28(25-7-3-1-4-8-25)26-9-5-2-6-10-26/h1-20H,21H2,(H,29,30,31). The second-order valence-electron chi connectivity index (χ2n) is 7.40. The van der Waals surface area contributed by atoms with E-state index in [4.69, 9.17) is 4.55 Å². The molecule has 160 valence electrons. The molecule has 0 aliphatic carbocycles. The van der Waals surface area contributed by atoms with Gasteiger partial charge in [-0.2, -0.15) is 8.42 Å². The molecule has 0 spiro atoms. The summed E-state index contributed by atoms with van der Waals surface area (Å²) in [6.07, 6.45) is 3.98. The van der Waals surface area contributed by atoms with Gasteiger partial charge in [-0.3, -0.25) is 4.55 Å². The highest BCUT2D eigenvalue weighted by molar-refractivity contribution is 7.85. The number of para-hydroxylation sites is 2. The van der Waals surface area contributed by atoms with Gasteiger partial charge in [0.15, 0.2) is 0 Å². The Morgan fingerprint density at radius 2 is 1.00 bits per heavy atom. The van der Waals surface area contributed by atoms with Gasteiger partial charge in [0.05, 0.1) is 0 Å². The van der Waals surface area contributed by atoms with Crippen molar-refractivity contribution >= 4 is 39.3 Å². The Morgan fingerprint density at radius 1 is 0.594 bits per heavy atom. The zero-order valence-electron chi connectivity index (χ0n) is 17.4. The summed E-state index contributed by atoms with van der Waals surface area (Å²) in [4.78, 5) is 2.21. The minimum atomic E-state index is -4.02. The molecule has 0 fully saturated rings. The third-order valence-corrected chi connectivity index (χ3v) is 5.68. The normalized spacial score (nSPS) is 11.5. The third-order valence-electron chi connectivity index (χ3n) is 4.98. The minimum Gasteiger partial charge on any atom is -0.311 e. The number of anilines is 3. The summed E-state index contributed by atoms with van der Waals surface area (Å²) in [6, 6.07) is 35.9. The summed E-state index contributed by atoms with van der Waals surface area (Å²) in [5.74, 6) is -0.377. The van der Waals surface area contributed by atoms with Gasteiger partial charge in [-0.15, -0.1) is 0 Å². The molecule has 0 aliphatic rings. The number of nitrogens with zero attached hydrogens (tertiary/aromatic N) is 1. The fraction of sp³-hybridized carbons (Fsp3) is 0.0370. The number of rotatable bonds is 7. The van der Waals surface area contributed by atoms with Crippen LogP contribution in [0.1, 0.15) is 16.7 Å². The first-order chi connectivity index (χ1) is 15.5. The molecule has 0 amide bonds. The predicted molar refractivity (Wildman–Crippen MR) is 132 cm³/mol. The molecular weight excluding hydrogens is 418 g/mol. The predicted octanol–water partition coefficient (Wildman–Crippen LogP) is 6.71. The molecule has 0 unspecified atom stereocenters. The quantitative estimate of drug-likeness (QED) is 0.256. The molecular formula is C27H23NO3S. The van der Waals surface area contributed by atoms with Gasteiger partial charge in [0, 0.05) is 17.1 Å². The molecule has 0 bridgehead atoms. The fourth-order valence-corrected chi connectivity index (χ4v) is 4.08.